The van der Waals surface area contributed by atoms with Gasteiger partial charge in [-0.05, 0) is 36.6 Å². The van der Waals surface area contributed by atoms with E-state index >= 15 is 0 Å². The van der Waals surface area contributed by atoms with Crippen LogP contribution in [0.15, 0.2) is 41.7 Å². The fourth-order valence-corrected chi connectivity index (χ4v) is 3.92. The zero-order valence-electron chi connectivity index (χ0n) is 16.9. The van der Waals surface area contributed by atoms with Crippen molar-refractivity contribution in [2.75, 3.05) is 42.6 Å². The van der Waals surface area contributed by atoms with E-state index in [1.165, 1.54) is 0 Å². The van der Waals surface area contributed by atoms with E-state index in [0.29, 0.717) is 24.8 Å². The molecule has 1 saturated heterocycles. The lowest BCUT2D eigenvalue weighted by molar-refractivity contribution is 0.122. The largest absolute Gasteiger partial charge is 0.378 e. The number of aromatic nitrogens is 2. The van der Waals surface area contributed by atoms with Gasteiger partial charge in [0, 0.05) is 36.5 Å². The number of hydrogen-bond acceptors (Lipinski definition) is 7. The Labute approximate surface area is 171 Å². The molecule has 4 rings (SSSR count). The van der Waals surface area contributed by atoms with Gasteiger partial charge in [-0.25, -0.2) is 4.98 Å². The van der Waals surface area contributed by atoms with E-state index in [-0.39, 0.29) is 0 Å². The molecular formula is C22H27N5O2. The van der Waals surface area contributed by atoms with Gasteiger partial charge >= 0.3 is 0 Å². The molecule has 0 N–H and O–H groups in total. The molecule has 7 nitrogen and oxygen atoms in total. The van der Waals surface area contributed by atoms with E-state index < -0.39 is 0 Å². The summed E-state index contributed by atoms with van der Waals surface area (Å²) in [5.74, 6) is 1.66. The zero-order valence-corrected chi connectivity index (χ0v) is 16.9. The molecule has 0 bridgehead atoms. The third-order valence-corrected chi connectivity index (χ3v) is 5.53. The van der Waals surface area contributed by atoms with Crippen LogP contribution in [0, 0.1) is 4.91 Å². The Morgan fingerprint density at radius 2 is 2.07 bits per heavy atom. The number of hydrogen-bond donors (Lipinski definition) is 0. The summed E-state index contributed by atoms with van der Waals surface area (Å²) in [5, 5.41) is 3.09. The van der Waals surface area contributed by atoms with Gasteiger partial charge in [0.25, 0.3) is 0 Å². The summed E-state index contributed by atoms with van der Waals surface area (Å²) >= 11 is 0. The van der Waals surface area contributed by atoms with Gasteiger partial charge in [0.1, 0.15) is 11.5 Å². The molecule has 3 heterocycles. The summed E-state index contributed by atoms with van der Waals surface area (Å²) in [5.41, 5.74) is 4.41. The molecule has 0 saturated carbocycles. The van der Waals surface area contributed by atoms with Gasteiger partial charge in [0.05, 0.1) is 18.9 Å². The van der Waals surface area contributed by atoms with Crippen molar-refractivity contribution >= 4 is 17.5 Å². The molecule has 2 aromatic rings. The standard InChI is InChI=1S/C22H27N5O2/c1-3-4-6-16(2)27-10-9-19-20(17-7-5-8-18(15-17)25-28)23-22(24-21(19)27)26-11-13-29-14-12-26/h5,7-8,15H,2-4,6,9-14H2,1H3. The Bertz CT molecular complexity index is 908. The molecule has 1 aromatic carbocycles. The highest BCUT2D eigenvalue weighted by Crippen LogP contribution is 2.38. The third-order valence-electron chi connectivity index (χ3n) is 5.53. The van der Waals surface area contributed by atoms with Crippen LogP contribution in [0.1, 0.15) is 31.7 Å². The highest BCUT2D eigenvalue weighted by Gasteiger charge is 2.29. The minimum absolute atomic E-state index is 0.407. The van der Waals surface area contributed by atoms with Gasteiger partial charge in [0.15, 0.2) is 0 Å². The number of fused-ring (bicyclic) bond motifs is 1. The second-order valence-electron chi connectivity index (χ2n) is 7.49. The smallest absolute Gasteiger partial charge is 0.228 e. The van der Waals surface area contributed by atoms with Crippen LogP contribution in [0.4, 0.5) is 17.5 Å². The Morgan fingerprint density at radius 1 is 1.24 bits per heavy atom. The fraction of sp³-hybridized carbons (Fsp3) is 0.455. The molecule has 0 amide bonds. The van der Waals surface area contributed by atoms with Crippen LogP contribution in [-0.4, -0.2) is 42.8 Å². The van der Waals surface area contributed by atoms with E-state index in [9.17, 15) is 4.91 Å². The van der Waals surface area contributed by atoms with E-state index in [2.05, 4.69) is 28.5 Å². The van der Waals surface area contributed by atoms with E-state index in [0.717, 1.165) is 73.7 Å². The third kappa shape index (κ3) is 4.00. The van der Waals surface area contributed by atoms with Crippen molar-refractivity contribution in [3.63, 3.8) is 0 Å². The van der Waals surface area contributed by atoms with E-state index in [1.807, 2.05) is 12.1 Å². The van der Waals surface area contributed by atoms with Crippen LogP contribution in [0.3, 0.4) is 0 Å². The summed E-state index contributed by atoms with van der Waals surface area (Å²) in [6, 6.07) is 7.34. The van der Waals surface area contributed by atoms with Crippen molar-refractivity contribution in [3.05, 3.63) is 47.0 Å². The molecule has 29 heavy (non-hydrogen) atoms. The maximum absolute atomic E-state index is 11.1. The van der Waals surface area contributed by atoms with Crippen LogP contribution < -0.4 is 9.80 Å². The monoisotopic (exact) mass is 393 g/mol. The first kappa shape index (κ1) is 19.5. The van der Waals surface area contributed by atoms with Crippen molar-refractivity contribution < 1.29 is 4.74 Å². The molecule has 152 valence electrons. The van der Waals surface area contributed by atoms with Crippen molar-refractivity contribution in [1.29, 1.82) is 0 Å². The molecule has 1 fully saturated rings. The highest BCUT2D eigenvalue weighted by atomic mass is 16.5. The lowest BCUT2D eigenvalue weighted by atomic mass is 10.0. The number of allylic oxidation sites excluding steroid dienone is 1. The normalized spacial score (nSPS) is 16.0. The first-order chi connectivity index (χ1) is 14.2. The maximum Gasteiger partial charge on any atom is 0.228 e. The van der Waals surface area contributed by atoms with Gasteiger partial charge in [-0.15, -0.1) is 4.91 Å². The van der Waals surface area contributed by atoms with Crippen molar-refractivity contribution in [3.8, 4) is 11.3 Å². The number of rotatable bonds is 7. The predicted octanol–water partition coefficient (Wildman–Crippen LogP) is 4.44. The molecule has 0 unspecified atom stereocenters. The number of anilines is 2. The Balaban J connectivity index is 1.79. The summed E-state index contributed by atoms with van der Waals surface area (Å²) in [7, 11) is 0. The number of benzene rings is 1. The van der Waals surface area contributed by atoms with Crippen molar-refractivity contribution in [1.82, 2.24) is 9.97 Å². The molecule has 1 aromatic heterocycles. The topological polar surface area (TPSA) is 70.9 Å². The van der Waals surface area contributed by atoms with E-state index in [1.54, 1.807) is 12.1 Å². The van der Waals surface area contributed by atoms with Crippen molar-refractivity contribution in [2.45, 2.75) is 32.6 Å². The number of unbranched alkanes of at least 4 members (excludes halogenated alkanes) is 1. The fourth-order valence-electron chi connectivity index (χ4n) is 3.92. The van der Waals surface area contributed by atoms with Gasteiger partial charge in [-0.2, -0.15) is 4.98 Å². The van der Waals surface area contributed by atoms with Gasteiger partial charge in [-0.1, -0.05) is 32.1 Å². The Kier molecular flexibility index (Phi) is 5.85. The summed E-state index contributed by atoms with van der Waals surface area (Å²) in [6.45, 7) is 10.3. The SMILES string of the molecule is C=C(CCCC)N1CCc2c(-c3cccc(N=O)c3)nc(N3CCOCC3)nc21. The second-order valence-corrected chi connectivity index (χ2v) is 7.49. The molecule has 2 aliphatic heterocycles. The average molecular weight is 393 g/mol. The molecule has 0 aliphatic carbocycles. The first-order valence-electron chi connectivity index (χ1n) is 10.3. The lowest BCUT2D eigenvalue weighted by Gasteiger charge is -2.29. The van der Waals surface area contributed by atoms with Crippen LogP contribution >= 0.6 is 0 Å². The highest BCUT2D eigenvalue weighted by molar-refractivity contribution is 5.75. The van der Waals surface area contributed by atoms with Crippen LogP contribution in [0.5, 0.6) is 0 Å². The van der Waals surface area contributed by atoms with Gasteiger partial charge in [0.2, 0.25) is 5.95 Å². The average Bonchev–Trinajstić information content (AvgIpc) is 3.21. The number of morpholine rings is 1. The Hall–Kier alpha value is -2.80. The lowest BCUT2D eigenvalue weighted by Crippen LogP contribution is -2.37. The zero-order chi connectivity index (χ0) is 20.2. The van der Waals surface area contributed by atoms with E-state index in [4.69, 9.17) is 14.7 Å². The number of ether oxygens (including phenoxy) is 1. The summed E-state index contributed by atoms with van der Waals surface area (Å²) in [4.78, 5) is 25.3. The predicted molar refractivity (Wildman–Crippen MR) is 116 cm³/mol. The molecule has 0 radical (unpaired) electrons. The van der Waals surface area contributed by atoms with Crippen LogP contribution in [0.2, 0.25) is 0 Å². The quantitative estimate of drug-likeness (QED) is 0.648. The number of nitroso groups, excluding NO2 is 1. The molecule has 7 heteroatoms. The Morgan fingerprint density at radius 3 is 2.83 bits per heavy atom. The molecule has 2 aliphatic rings. The number of nitrogens with zero attached hydrogens (tertiary/aromatic N) is 5. The van der Waals surface area contributed by atoms with Crippen LogP contribution in [0.25, 0.3) is 11.3 Å². The van der Waals surface area contributed by atoms with Gasteiger partial charge in [-0.3, -0.25) is 0 Å². The first-order valence-corrected chi connectivity index (χ1v) is 10.3. The van der Waals surface area contributed by atoms with Crippen LogP contribution in [-0.2, 0) is 11.2 Å². The molecule has 0 spiro atoms. The van der Waals surface area contributed by atoms with Crippen molar-refractivity contribution in [2.24, 2.45) is 5.18 Å². The maximum atomic E-state index is 11.1. The second kappa shape index (κ2) is 8.69. The summed E-state index contributed by atoms with van der Waals surface area (Å²) in [6.07, 6.45) is 4.08. The minimum atomic E-state index is 0.407. The molecular weight excluding hydrogens is 366 g/mol. The minimum Gasteiger partial charge on any atom is -0.378 e. The van der Waals surface area contributed by atoms with Gasteiger partial charge < -0.3 is 14.5 Å². The molecule has 0 atom stereocenters. The summed E-state index contributed by atoms with van der Waals surface area (Å²) < 4.78 is 5.49.